The zero-order valence-electron chi connectivity index (χ0n) is 18.1. The molecule has 1 aromatic heterocycles. The molecule has 3 rings (SSSR count). The molecule has 0 radical (unpaired) electrons. The molecule has 1 aliphatic heterocycles. The fraction of sp³-hybridized carbons (Fsp3) is 0.455. The van der Waals surface area contributed by atoms with Gasteiger partial charge in [-0.05, 0) is 37.6 Å². The summed E-state index contributed by atoms with van der Waals surface area (Å²) >= 11 is 0. The summed E-state index contributed by atoms with van der Waals surface area (Å²) in [4.78, 5) is 41.3. The Balaban J connectivity index is 1.82. The van der Waals surface area contributed by atoms with E-state index in [9.17, 15) is 14.4 Å². The molecule has 1 aliphatic rings. The molecule has 1 atom stereocenters. The Hall–Kier alpha value is -3.16. The maximum Gasteiger partial charge on any atom is 0.240 e. The minimum Gasteiger partial charge on any atom is -0.497 e. The van der Waals surface area contributed by atoms with Crippen LogP contribution in [0, 0.1) is 13.8 Å². The summed E-state index contributed by atoms with van der Waals surface area (Å²) in [5, 5.41) is 4.42. The SMILES string of the molecule is COc1cccc(C2(CC(=O)N(C)CCn3nc(C)cc3C)CC(=O)N(C)C2=O)c1. The van der Waals surface area contributed by atoms with Crippen LogP contribution in [0.4, 0.5) is 0 Å². The molecule has 2 heterocycles. The van der Waals surface area contributed by atoms with Crippen LogP contribution in [-0.4, -0.2) is 65.1 Å². The Bertz CT molecular complexity index is 983. The number of carbonyl (C=O) groups excluding carboxylic acids is 3. The second-order valence-corrected chi connectivity index (χ2v) is 7.89. The monoisotopic (exact) mass is 412 g/mol. The van der Waals surface area contributed by atoms with Gasteiger partial charge in [-0.2, -0.15) is 5.10 Å². The van der Waals surface area contributed by atoms with Gasteiger partial charge in [-0.1, -0.05) is 12.1 Å². The molecule has 0 saturated carbocycles. The van der Waals surface area contributed by atoms with Crippen molar-refractivity contribution in [2.75, 3.05) is 27.7 Å². The van der Waals surface area contributed by atoms with Crippen molar-refractivity contribution in [3.63, 3.8) is 0 Å². The first-order valence-corrected chi connectivity index (χ1v) is 9.88. The second kappa shape index (κ2) is 8.30. The van der Waals surface area contributed by atoms with Crippen molar-refractivity contribution in [2.45, 2.75) is 38.6 Å². The van der Waals surface area contributed by atoms with Gasteiger partial charge in [-0.3, -0.25) is 24.0 Å². The maximum atomic E-state index is 13.1. The highest BCUT2D eigenvalue weighted by atomic mass is 16.5. The first kappa shape index (κ1) is 21.5. The summed E-state index contributed by atoms with van der Waals surface area (Å²) < 4.78 is 7.14. The van der Waals surface area contributed by atoms with Crippen LogP contribution in [-0.2, 0) is 26.3 Å². The highest BCUT2D eigenvalue weighted by Gasteiger charge is 2.52. The highest BCUT2D eigenvalue weighted by Crippen LogP contribution is 2.40. The number of imide groups is 1. The number of likely N-dealkylation sites (N-methyl/N-ethyl adjacent to an activating group) is 2. The third kappa shape index (κ3) is 3.94. The molecule has 0 spiro atoms. The lowest BCUT2D eigenvalue weighted by Gasteiger charge is -2.29. The summed E-state index contributed by atoms with van der Waals surface area (Å²) in [6.45, 7) is 4.90. The Morgan fingerprint density at radius 2 is 2.00 bits per heavy atom. The minimum absolute atomic E-state index is 0.0352. The van der Waals surface area contributed by atoms with E-state index in [0.717, 1.165) is 16.3 Å². The van der Waals surface area contributed by atoms with Gasteiger partial charge in [0.25, 0.3) is 0 Å². The van der Waals surface area contributed by atoms with E-state index < -0.39 is 5.41 Å². The molecular weight excluding hydrogens is 384 g/mol. The molecule has 160 valence electrons. The zero-order valence-corrected chi connectivity index (χ0v) is 18.1. The number of carbonyl (C=O) groups is 3. The summed E-state index contributed by atoms with van der Waals surface area (Å²) in [5.41, 5.74) is 1.35. The van der Waals surface area contributed by atoms with E-state index in [1.165, 1.54) is 14.2 Å². The first-order valence-electron chi connectivity index (χ1n) is 9.88. The smallest absolute Gasteiger partial charge is 0.240 e. The molecule has 0 aliphatic carbocycles. The van der Waals surface area contributed by atoms with Gasteiger partial charge in [0, 0.05) is 39.2 Å². The molecule has 8 heteroatoms. The fourth-order valence-electron chi connectivity index (χ4n) is 3.94. The average Bonchev–Trinajstić information content (AvgIpc) is 3.16. The number of aryl methyl sites for hydroxylation is 2. The molecule has 3 amide bonds. The van der Waals surface area contributed by atoms with E-state index in [1.54, 1.807) is 36.2 Å². The number of amides is 3. The number of nitrogens with zero attached hydrogens (tertiary/aromatic N) is 4. The first-order chi connectivity index (χ1) is 14.2. The van der Waals surface area contributed by atoms with Crippen LogP contribution < -0.4 is 4.74 Å². The third-order valence-electron chi connectivity index (χ3n) is 5.79. The van der Waals surface area contributed by atoms with E-state index in [-0.39, 0.29) is 30.6 Å². The van der Waals surface area contributed by atoms with Crippen molar-refractivity contribution in [3.05, 3.63) is 47.3 Å². The number of aromatic nitrogens is 2. The number of hydrogen-bond acceptors (Lipinski definition) is 5. The fourth-order valence-corrected chi connectivity index (χ4v) is 3.94. The molecule has 1 unspecified atom stereocenters. The predicted octanol–water partition coefficient (Wildman–Crippen LogP) is 1.68. The van der Waals surface area contributed by atoms with Crippen molar-refractivity contribution in [1.29, 1.82) is 0 Å². The van der Waals surface area contributed by atoms with Gasteiger partial charge in [0.05, 0.1) is 24.8 Å². The van der Waals surface area contributed by atoms with Crippen LogP contribution >= 0.6 is 0 Å². The second-order valence-electron chi connectivity index (χ2n) is 7.89. The quantitative estimate of drug-likeness (QED) is 0.646. The molecule has 0 bridgehead atoms. The van der Waals surface area contributed by atoms with E-state index >= 15 is 0 Å². The zero-order chi connectivity index (χ0) is 22.1. The number of rotatable bonds is 7. The van der Waals surface area contributed by atoms with Crippen LogP contribution in [0.25, 0.3) is 0 Å². The number of likely N-dealkylation sites (tertiary alicyclic amines) is 1. The van der Waals surface area contributed by atoms with Gasteiger partial charge in [0.1, 0.15) is 5.75 Å². The van der Waals surface area contributed by atoms with Crippen LogP contribution in [0.5, 0.6) is 5.75 Å². The van der Waals surface area contributed by atoms with Gasteiger partial charge in [0.15, 0.2) is 0 Å². The summed E-state index contributed by atoms with van der Waals surface area (Å²) in [6, 6.07) is 9.02. The van der Waals surface area contributed by atoms with Crippen molar-refractivity contribution < 1.29 is 19.1 Å². The van der Waals surface area contributed by atoms with E-state index in [0.29, 0.717) is 24.4 Å². The largest absolute Gasteiger partial charge is 0.497 e. The standard InChI is InChI=1S/C22H28N4O4/c1-15-11-16(2)26(23-15)10-9-24(3)19(27)13-22(14-20(28)25(4)21(22)29)17-7-6-8-18(12-17)30-5/h6-8,11-12H,9-10,13-14H2,1-5H3. The molecular formula is C22H28N4O4. The van der Waals surface area contributed by atoms with E-state index in [1.807, 2.05) is 24.6 Å². The molecule has 30 heavy (non-hydrogen) atoms. The average molecular weight is 412 g/mol. The van der Waals surface area contributed by atoms with Crippen molar-refractivity contribution in [1.82, 2.24) is 19.6 Å². The lowest BCUT2D eigenvalue weighted by atomic mass is 9.75. The van der Waals surface area contributed by atoms with Crippen molar-refractivity contribution >= 4 is 17.7 Å². The van der Waals surface area contributed by atoms with E-state index in [2.05, 4.69) is 5.10 Å². The van der Waals surface area contributed by atoms with Crippen LogP contribution in [0.15, 0.2) is 30.3 Å². The number of hydrogen-bond donors (Lipinski definition) is 0. The maximum absolute atomic E-state index is 13.1. The number of ether oxygens (including phenoxy) is 1. The predicted molar refractivity (Wildman–Crippen MR) is 111 cm³/mol. The molecule has 1 aromatic carbocycles. The van der Waals surface area contributed by atoms with Gasteiger partial charge in [-0.25, -0.2) is 0 Å². The molecule has 1 saturated heterocycles. The highest BCUT2D eigenvalue weighted by molar-refractivity contribution is 6.10. The Labute approximate surface area is 176 Å². The van der Waals surface area contributed by atoms with Gasteiger partial charge in [-0.15, -0.1) is 0 Å². The van der Waals surface area contributed by atoms with Crippen molar-refractivity contribution in [2.24, 2.45) is 0 Å². The molecule has 1 fully saturated rings. The Kier molecular flexibility index (Phi) is 5.96. The van der Waals surface area contributed by atoms with Gasteiger partial charge >= 0.3 is 0 Å². The van der Waals surface area contributed by atoms with Crippen LogP contribution in [0.2, 0.25) is 0 Å². The van der Waals surface area contributed by atoms with Gasteiger partial charge < -0.3 is 9.64 Å². The lowest BCUT2D eigenvalue weighted by Crippen LogP contribution is -2.42. The van der Waals surface area contributed by atoms with Crippen LogP contribution in [0.1, 0.15) is 29.8 Å². The normalized spacial score (nSPS) is 18.8. The summed E-state index contributed by atoms with van der Waals surface area (Å²) in [7, 11) is 4.71. The van der Waals surface area contributed by atoms with Crippen molar-refractivity contribution in [3.8, 4) is 5.75 Å². The molecule has 0 N–H and O–H groups in total. The Morgan fingerprint density at radius 1 is 1.27 bits per heavy atom. The summed E-state index contributed by atoms with van der Waals surface area (Å²) in [6.07, 6.45) is -0.116. The third-order valence-corrected chi connectivity index (χ3v) is 5.79. The van der Waals surface area contributed by atoms with Gasteiger partial charge in [0.2, 0.25) is 17.7 Å². The molecule has 2 aromatic rings. The topological polar surface area (TPSA) is 84.7 Å². The summed E-state index contributed by atoms with van der Waals surface area (Å²) in [5.74, 6) is -0.273. The molecule has 8 nitrogen and oxygen atoms in total. The Morgan fingerprint density at radius 3 is 2.57 bits per heavy atom. The van der Waals surface area contributed by atoms with E-state index in [4.69, 9.17) is 4.74 Å². The number of benzene rings is 1. The minimum atomic E-state index is -1.22. The number of methoxy groups -OCH3 is 1. The van der Waals surface area contributed by atoms with Crippen LogP contribution in [0.3, 0.4) is 0 Å². The lowest BCUT2D eigenvalue weighted by molar-refractivity contribution is -0.141.